The van der Waals surface area contributed by atoms with Gasteiger partial charge in [0.15, 0.2) is 5.13 Å². The maximum absolute atomic E-state index is 12.2. The van der Waals surface area contributed by atoms with Crippen LogP contribution in [0.2, 0.25) is 0 Å². The van der Waals surface area contributed by atoms with E-state index in [0.29, 0.717) is 10.8 Å². The highest BCUT2D eigenvalue weighted by Gasteiger charge is 2.18. The van der Waals surface area contributed by atoms with Crippen LogP contribution >= 0.6 is 27.3 Å². The van der Waals surface area contributed by atoms with Gasteiger partial charge in [0.1, 0.15) is 0 Å². The summed E-state index contributed by atoms with van der Waals surface area (Å²) in [4.78, 5) is 4.08. The van der Waals surface area contributed by atoms with Gasteiger partial charge in [0.05, 0.1) is 14.9 Å². The highest BCUT2D eigenvalue weighted by atomic mass is 79.9. The van der Waals surface area contributed by atoms with Gasteiger partial charge in [-0.25, -0.2) is 13.4 Å². The van der Waals surface area contributed by atoms with E-state index in [-0.39, 0.29) is 4.90 Å². The molecule has 8 heteroatoms. The molecule has 1 aromatic heterocycles. The van der Waals surface area contributed by atoms with Gasteiger partial charge in [-0.15, -0.1) is 0 Å². The lowest BCUT2D eigenvalue weighted by Crippen LogP contribution is -2.13. The van der Waals surface area contributed by atoms with Crippen LogP contribution in [-0.2, 0) is 10.0 Å². The van der Waals surface area contributed by atoms with Gasteiger partial charge in [0.2, 0.25) is 0 Å². The van der Waals surface area contributed by atoms with Crippen molar-refractivity contribution < 1.29 is 8.42 Å². The zero-order valence-electron chi connectivity index (χ0n) is 10.3. The van der Waals surface area contributed by atoms with Crippen LogP contribution in [0.5, 0.6) is 0 Å². The number of rotatable bonds is 3. The number of nitrogens with two attached hydrogens (primary N) is 1. The van der Waals surface area contributed by atoms with E-state index in [0.717, 1.165) is 14.9 Å². The molecule has 0 spiro atoms. The number of halogens is 1. The molecule has 1 heterocycles. The fraction of sp³-hybridized carbons (Fsp3) is 0.182. The summed E-state index contributed by atoms with van der Waals surface area (Å²) in [5, 5.41) is 0.309. The summed E-state index contributed by atoms with van der Waals surface area (Å²) in [5.74, 6) is 0. The number of anilines is 2. The molecule has 0 aliphatic rings. The molecule has 102 valence electrons. The van der Waals surface area contributed by atoms with Crippen molar-refractivity contribution in [3.8, 4) is 0 Å². The van der Waals surface area contributed by atoms with Crippen LogP contribution in [0.15, 0.2) is 27.0 Å². The Morgan fingerprint density at radius 3 is 2.58 bits per heavy atom. The largest absolute Gasteiger partial charge is 0.398 e. The van der Waals surface area contributed by atoms with Crippen LogP contribution < -0.4 is 10.5 Å². The van der Waals surface area contributed by atoms with Crippen molar-refractivity contribution in [3.05, 3.63) is 33.2 Å². The SMILES string of the molecule is Cc1cc(S(=O)(=O)Nc2ncc(Br)s2)cc(N)c1C. The van der Waals surface area contributed by atoms with Gasteiger partial charge in [0, 0.05) is 5.69 Å². The Balaban J connectivity index is 2.40. The van der Waals surface area contributed by atoms with Gasteiger partial charge in [-0.3, -0.25) is 4.72 Å². The monoisotopic (exact) mass is 361 g/mol. The Morgan fingerprint density at radius 2 is 2.05 bits per heavy atom. The van der Waals surface area contributed by atoms with Crippen LogP contribution in [0.4, 0.5) is 10.8 Å². The smallest absolute Gasteiger partial charge is 0.263 e. The number of hydrogen-bond acceptors (Lipinski definition) is 5. The maximum atomic E-state index is 12.2. The first-order valence-electron chi connectivity index (χ1n) is 5.30. The second-order valence-corrected chi connectivity index (χ2v) is 8.12. The fourth-order valence-corrected chi connectivity index (χ4v) is 3.95. The molecule has 0 saturated carbocycles. The minimum absolute atomic E-state index is 0.138. The predicted octanol–water partition coefficient (Wildman–Crippen LogP) is 2.91. The topological polar surface area (TPSA) is 85.1 Å². The molecule has 0 atom stereocenters. The van der Waals surface area contributed by atoms with Gasteiger partial charge in [-0.2, -0.15) is 0 Å². The lowest BCUT2D eigenvalue weighted by atomic mass is 10.1. The number of sulfonamides is 1. The fourth-order valence-electron chi connectivity index (χ4n) is 1.48. The van der Waals surface area contributed by atoms with Crippen LogP contribution in [-0.4, -0.2) is 13.4 Å². The van der Waals surface area contributed by atoms with E-state index in [1.807, 2.05) is 13.8 Å². The van der Waals surface area contributed by atoms with Gasteiger partial charge in [-0.1, -0.05) is 11.3 Å². The number of benzene rings is 1. The second-order valence-electron chi connectivity index (χ2n) is 4.03. The summed E-state index contributed by atoms with van der Waals surface area (Å²) in [6.45, 7) is 3.68. The summed E-state index contributed by atoms with van der Waals surface area (Å²) < 4.78 is 27.6. The van der Waals surface area contributed by atoms with E-state index in [4.69, 9.17) is 5.73 Å². The van der Waals surface area contributed by atoms with Crippen LogP contribution in [0.1, 0.15) is 11.1 Å². The Labute approximate surface area is 124 Å². The summed E-state index contributed by atoms with van der Waals surface area (Å²) in [6.07, 6.45) is 1.54. The van der Waals surface area contributed by atoms with E-state index in [9.17, 15) is 8.42 Å². The third kappa shape index (κ3) is 3.07. The average Bonchev–Trinajstić information content (AvgIpc) is 2.70. The minimum atomic E-state index is -3.66. The molecule has 0 bridgehead atoms. The molecule has 2 rings (SSSR count). The van der Waals surface area contributed by atoms with Gasteiger partial charge in [-0.05, 0) is 53.0 Å². The van der Waals surface area contributed by atoms with E-state index in [1.165, 1.54) is 23.6 Å². The number of nitrogens with zero attached hydrogens (tertiary/aromatic N) is 1. The van der Waals surface area contributed by atoms with Crippen molar-refractivity contribution in [1.82, 2.24) is 4.98 Å². The number of nitrogens with one attached hydrogen (secondary N) is 1. The zero-order valence-corrected chi connectivity index (χ0v) is 13.5. The molecule has 19 heavy (non-hydrogen) atoms. The van der Waals surface area contributed by atoms with Crippen LogP contribution in [0.25, 0.3) is 0 Å². The number of aryl methyl sites for hydroxylation is 1. The Bertz CT molecular complexity index is 702. The molecule has 0 saturated heterocycles. The molecular weight excluding hydrogens is 350 g/mol. The minimum Gasteiger partial charge on any atom is -0.398 e. The lowest BCUT2D eigenvalue weighted by Gasteiger charge is -2.10. The second kappa shape index (κ2) is 5.10. The molecule has 0 unspecified atom stereocenters. The highest BCUT2D eigenvalue weighted by Crippen LogP contribution is 2.27. The van der Waals surface area contributed by atoms with Crippen molar-refractivity contribution in [2.24, 2.45) is 0 Å². The Hall–Kier alpha value is -1.12. The zero-order chi connectivity index (χ0) is 14.2. The molecule has 0 fully saturated rings. The van der Waals surface area contributed by atoms with Crippen molar-refractivity contribution in [3.63, 3.8) is 0 Å². The lowest BCUT2D eigenvalue weighted by molar-refractivity contribution is 0.601. The first-order valence-corrected chi connectivity index (χ1v) is 8.40. The third-order valence-corrected chi connectivity index (χ3v) is 5.53. The molecule has 3 N–H and O–H groups in total. The molecule has 2 aromatic rings. The number of thiazole rings is 1. The quantitative estimate of drug-likeness (QED) is 0.823. The predicted molar refractivity (Wildman–Crippen MR) is 81.0 cm³/mol. The van der Waals surface area contributed by atoms with Gasteiger partial charge in [0.25, 0.3) is 10.0 Å². The highest BCUT2D eigenvalue weighted by molar-refractivity contribution is 9.11. The Morgan fingerprint density at radius 1 is 1.37 bits per heavy atom. The van der Waals surface area contributed by atoms with Gasteiger partial charge < -0.3 is 5.73 Å². The summed E-state index contributed by atoms with van der Waals surface area (Å²) in [7, 11) is -3.66. The van der Waals surface area contributed by atoms with E-state index in [1.54, 1.807) is 6.07 Å². The van der Waals surface area contributed by atoms with Crippen molar-refractivity contribution in [2.75, 3.05) is 10.5 Å². The maximum Gasteiger partial charge on any atom is 0.263 e. The molecule has 0 radical (unpaired) electrons. The average molecular weight is 362 g/mol. The molecule has 0 amide bonds. The summed E-state index contributed by atoms with van der Waals surface area (Å²) in [5.41, 5.74) is 7.98. The van der Waals surface area contributed by atoms with Crippen molar-refractivity contribution in [2.45, 2.75) is 18.7 Å². The van der Waals surface area contributed by atoms with Crippen LogP contribution in [0.3, 0.4) is 0 Å². The molecule has 1 aromatic carbocycles. The van der Waals surface area contributed by atoms with Crippen molar-refractivity contribution >= 4 is 48.1 Å². The molecular formula is C11H12BrN3O2S2. The first-order chi connectivity index (χ1) is 8.79. The normalized spacial score (nSPS) is 11.5. The van der Waals surface area contributed by atoms with Gasteiger partial charge >= 0.3 is 0 Å². The summed E-state index contributed by atoms with van der Waals surface area (Å²) >= 11 is 4.43. The Kier molecular flexibility index (Phi) is 3.84. The standard InChI is InChI=1S/C11H12BrN3O2S2/c1-6-3-8(4-9(13)7(6)2)19(16,17)15-11-14-5-10(12)18-11/h3-5H,13H2,1-2H3,(H,14,15). The van der Waals surface area contributed by atoms with Crippen molar-refractivity contribution in [1.29, 1.82) is 0 Å². The van der Waals surface area contributed by atoms with E-state index >= 15 is 0 Å². The van der Waals surface area contributed by atoms with E-state index < -0.39 is 10.0 Å². The number of hydrogen-bond donors (Lipinski definition) is 2. The molecule has 0 aliphatic carbocycles. The molecule has 0 aliphatic heterocycles. The summed E-state index contributed by atoms with van der Waals surface area (Å²) in [6, 6.07) is 3.05. The first kappa shape index (κ1) is 14.3. The van der Waals surface area contributed by atoms with Crippen LogP contribution in [0, 0.1) is 13.8 Å². The number of nitrogen functional groups attached to an aromatic ring is 1. The number of aromatic nitrogens is 1. The third-order valence-electron chi connectivity index (χ3n) is 2.69. The van der Waals surface area contributed by atoms with E-state index in [2.05, 4.69) is 25.6 Å². The molecule has 5 nitrogen and oxygen atoms in total.